The molecule has 3 aliphatic rings. The van der Waals surface area contributed by atoms with Crippen molar-refractivity contribution in [2.45, 2.75) is 43.9 Å². The maximum atomic E-state index is 13.0. The fourth-order valence-corrected chi connectivity index (χ4v) is 4.90. The minimum atomic E-state index is -0.485. The van der Waals surface area contributed by atoms with Crippen LogP contribution in [0.4, 0.5) is 0 Å². The monoisotopic (exact) mass is 363 g/mol. The van der Waals surface area contributed by atoms with Gasteiger partial charge in [0.1, 0.15) is 0 Å². The van der Waals surface area contributed by atoms with Gasteiger partial charge < -0.3 is 10.0 Å². The number of carbonyl (C=O) groups excluding carboxylic acids is 1. The van der Waals surface area contributed by atoms with E-state index in [1.54, 1.807) is 0 Å². The normalized spacial score (nSPS) is 25.4. The zero-order valence-electron chi connectivity index (χ0n) is 15.5. The first kappa shape index (κ1) is 16.9. The van der Waals surface area contributed by atoms with E-state index >= 15 is 0 Å². The second-order valence-corrected chi connectivity index (χ2v) is 8.48. The summed E-state index contributed by atoms with van der Waals surface area (Å²) in [7, 11) is 0. The van der Waals surface area contributed by atoms with Crippen molar-refractivity contribution in [3.8, 4) is 11.4 Å². The van der Waals surface area contributed by atoms with Crippen LogP contribution in [-0.4, -0.2) is 45.6 Å². The molecule has 0 radical (unpaired) electrons. The van der Waals surface area contributed by atoms with Gasteiger partial charge >= 0.3 is 0 Å². The van der Waals surface area contributed by atoms with Gasteiger partial charge in [0.05, 0.1) is 17.7 Å². The molecule has 1 aromatic heterocycles. The minimum absolute atomic E-state index is 0.0216. The van der Waals surface area contributed by atoms with E-state index < -0.39 is 5.41 Å². The smallest absolute Gasteiger partial charge is 0.231 e. The fourth-order valence-electron chi connectivity index (χ4n) is 4.90. The van der Waals surface area contributed by atoms with Crippen LogP contribution in [0.5, 0.6) is 0 Å². The standard InChI is InChI=1S/C22H25N3O2/c26-15-22(10-11-22)20(27)25-12-4-8-21(14-25)9-7-17-13-23-19(24-18(17)21)16-5-2-1-3-6-16/h1-3,5-6,13,26H,4,7-12,14-15H2. The second kappa shape index (κ2) is 6.13. The molecule has 2 heterocycles. The number of carbonyl (C=O) groups is 1. The molecule has 5 rings (SSSR count). The number of fused-ring (bicyclic) bond motifs is 2. The molecule has 140 valence electrons. The number of benzene rings is 1. The van der Waals surface area contributed by atoms with Crippen molar-refractivity contribution in [1.29, 1.82) is 0 Å². The average molecular weight is 363 g/mol. The van der Waals surface area contributed by atoms with Gasteiger partial charge in [-0.15, -0.1) is 0 Å². The number of hydrogen-bond donors (Lipinski definition) is 1. The number of aliphatic hydroxyl groups excluding tert-OH is 1. The van der Waals surface area contributed by atoms with Crippen LogP contribution < -0.4 is 0 Å². The maximum absolute atomic E-state index is 13.0. The highest BCUT2D eigenvalue weighted by Crippen LogP contribution is 2.49. The number of hydrogen-bond acceptors (Lipinski definition) is 4. The zero-order valence-corrected chi connectivity index (χ0v) is 15.5. The molecular formula is C22H25N3O2. The van der Waals surface area contributed by atoms with Gasteiger partial charge in [0.25, 0.3) is 0 Å². The Labute approximate surface area is 159 Å². The third kappa shape index (κ3) is 2.67. The number of amides is 1. The van der Waals surface area contributed by atoms with Gasteiger partial charge in [0.2, 0.25) is 5.91 Å². The predicted molar refractivity (Wildman–Crippen MR) is 102 cm³/mol. The molecule has 1 spiro atoms. The second-order valence-electron chi connectivity index (χ2n) is 8.48. The molecule has 1 atom stereocenters. The van der Waals surface area contributed by atoms with E-state index in [1.165, 1.54) is 5.56 Å². The molecule has 27 heavy (non-hydrogen) atoms. The van der Waals surface area contributed by atoms with Gasteiger partial charge in [0.15, 0.2) is 5.82 Å². The lowest BCUT2D eigenvalue weighted by Gasteiger charge is -2.41. The van der Waals surface area contributed by atoms with Crippen LogP contribution in [0, 0.1) is 5.41 Å². The molecule has 1 unspecified atom stereocenters. The van der Waals surface area contributed by atoms with Crippen molar-refractivity contribution >= 4 is 5.91 Å². The molecule has 1 saturated heterocycles. The Kier molecular flexibility index (Phi) is 3.83. The molecule has 1 aliphatic heterocycles. The van der Waals surface area contributed by atoms with Crippen LogP contribution in [-0.2, 0) is 16.6 Å². The Balaban J connectivity index is 1.47. The van der Waals surface area contributed by atoms with Crippen molar-refractivity contribution < 1.29 is 9.90 Å². The van der Waals surface area contributed by atoms with Crippen molar-refractivity contribution in [2.75, 3.05) is 19.7 Å². The Morgan fingerprint density at radius 2 is 1.96 bits per heavy atom. The van der Waals surface area contributed by atoms with Crippen LogP contribution in [0.1, 0.15) is 43.4 Å². The summed E-state index contributed by atoms with van der Waals surface area (Å²) in [6.07, 6.45) is 7.71. The molecule has 1 N–H and O–H groups in total. The number of piperidine rings is 1. The van der Waals surface area contributed by atoms with Gasteiger partial charge in [0, 0.05) is 30.3 Å². The van der Waals surface area contributed by atoms with Crippen molar-refractivity contribution in [2.24, 2.45) is 5.41 Å². The van der Waals surface area contributed by atoms with Crippen LogP contribution >= 0.6 is 0 Å². The van der Waals surface area contributed by atoms with E-state index in [0.717, 1.165) is 68.7 Å². The van der Waals surface area contributed by atoms with Crippen LogP contribution in [0.15, 0.2) is 36.5 Å². The van der Waals surface area contributed by atoms with E-state index in [1.807, 2.05) is 41.4 Å². The Hall–Kier alpha value is -2.27. The summed E-state index contributed by atoms with van der Waals surface area (Å²) in [5.74, 6) is 0.919. The number of aromatic nitrogens is 2. The lowest BCUT2D eigenvalue weighted by molar-refractivity contribution is -0.141. The summed E-state index contributed by atoms with van der Waals surface area (Å²) in [6, 6.07) is 10.1. The molecule has 2 aliphatic carbocycles. The molecule has 2 fully saturated rings. The third-order valence-corrected chi connectivity index (χ3v) is 6.75. The van der Waals surface area contributed by atoms with Crippen LogP contribution in [0.2, 0.25) is 0 Å². The quantitative estimate of drug-likeness (QED) is 0.911. The van der Waals surface area contributed by atoms with E-state index in [9.17, 15) is 9.90 Å². The molecule has 5 heteroatoms. The highest BCUT2D eigenvalue weighted by molar-refractivity contribution is 5.85. The lowest BCUT2D eigenvalue weighted by atomic mass is 9.77. The topological polar surface area (TPSA) is 66.3 Å². The van der Waals surface area contributed by atoms with E-state index in [-0.39, 0.29) is 17.9 Å². The van der Waals surface area contributed by atoms with Crippen molar-refractivity contribution in [3.05, 3.63) is 47.8 Å². The summed E-state index contributed by atoms with van der Waals surface area (Å²) in [6.45, 7) is 1.51. The van der Waals surface area contributed by atoms with Gasteiger partial charge in [-0.05, 0) is 44.1 Å². The van der Waals surface area contributed by atoms with Crippen molar-refractivity contribution in [3.63, 3.8) is 0 Å². The predicted octanol–water partition coefficient (Wildman–Crippen LogP) is 2.72. The first-order valence-electron chi connectivity index (χ1n) is 9.98. The first-order valence-corrected chi connectivity index (χ1v) is 9.98. The average Bonchev–Trinajstić information content (AvgIpc) is 3.47. The number of rotatable bonds is 3. The third-order valence-electron chi connectivity index (χ3n) is 6.75. The summed E-state index contributed by atoms with van der Waals surface area (Å²) < 4.78 is 0. The van der Waals surface area contributed by atoms with E-state index in [2.05, 4.69) is 4.98 Å². The highest BCUT2D eigenvalue weighted by atomic mass is 16.3. The Morgan fingerprint density at radius 3 is 2.70 bits per heavy atom. The molecular weight excluding hydrogens is 338 g/mol. The number of likely N-dealkylation sites (tertiary alicyclic amines) is 1. The molecule has 1 aromatic carbocycles. The van der Waals surface area contributed by atoms with Gasteiger partial charge in [-0.2, -0.15) is 0 Å². The molecule has 1 amide bonds. The van der Waals surface area contributed by atoms with Crippen molar-refractivity contribution in [1.82, 2.24) is 14.9 Å². The summed E-state index contributed by atoms with van der Waals surface area (Å²) in [5, 5.41) is 9.67. The lowest BCUT2D eigenvalue weighted by Crippen LogP contribution is -2.50. The number of aliphatic hydroxyl groups is 1. The van der Waals surface area contributed by atoms with Gasteiger partial charge in [-0.3, -0.25) is 4.79 Å². The number of aryl methyl sites for hydroxylation is 1. The maximum Gasteiger partial charge on any atom is 0.231 e. The highest BCUT2D eigenvalue weighted by Gasteiger charge is 2.53. The van der Waals surface area contributed by atoms with Crippen LogP contribution in [0.25, 0.3) is 11.4 Å². The Bertz CT molecular complexity index is 874. The molecule has 0 bridgehead atoms. The van der Waals surface area contributed by atoms with Crippen LogP contribution in [0.3, 0.4) is 0 Å². The molecule has 5 nitrogen and oxygen atoms in total. The summed E-state index contributed by atoms with van der Waals surface area (Å²) in [5.41, 5.74) is 2.86. The summed E-state index contributed by atoms with van der Waals surface area (Å²) in [4.78, 5) is 24.6. The summed E-state index contributed by atoms with van der Waals surface area (Å²) >= 11 is 0. The molecule has 1 saturated carbocycles. The van der Waals surface area contributed by atoms with E-state index in [4.69, 9.17) is 4.98 Å². The Morgan fingerprint density at radius 1 is 1.15 bits per heavy atom. The first-order chi connectivity index (χ1) is 13.2. The van der Waals surface area contributed by atoms with E-state index in [0.29, 0.717) is 0 Å². The number of nitrogens with zero attached hydrogens (tertiary/aromatic N) is 3. The zero-order chi connectivity index (χ0) is 18.5. The van der Waals surface area contributed by atoms with Gasteiger partial charge in [-0.1, -0.05) is 30.3 Å². The largest absolute Gasteiger partial charge is 0.395 e. The molecule has 2 aromatic rings. The SMILES string of the molecule is O=C(N1CCCC2(CCc3cnc(-c4ccccc4)nc32)C1)C1(CO)CC1. The van der Waals surface area contributed by atoms with Gasteiger partial charge in [-0.25, -0.2) is 9.97 Å². The minimum Gasteiger partial charge on any atom is -0.395 e. The fraction of sp³-hybridized carbons (Fsp3) is 0.500.